The zero-order valence-corrected chi connectivity index (χ0v) is 37.8. The smallest absolute Gasteiger partial charge is 0.164 e. The Labute approximate surface area is 336 Å². The van der Waals surface area contributed by atoms with Crippen LogP contribution in [0.25, 0.3) is 51.7 Å². The van der Waals surface area contributed by atoms with Crippen molar-refractivity contribution < 1.29 is 30.0 Å². The van der Waals surface area contributed by atoms with Crippen LogP contribution in [0.3, 0.4) is 0 Å². The molecule has 52 heavy (non-hydrogen) atoms. The number of hydrogen-bond acceptors (Lipinski definition) is 7. The third-order valence-electron chi connectivity index (χ3n) is 11.1. The van der Waals surface area contributed by atoms with Gasteiger partial charge in [0, 0.05) is 67.8 Å². The maximum Gasteiger partial charge on any atom is 0.164 e. The van der Waals surface area contributed by atoms with Crippen molar-refractivity contribution in [2.24, 2.45) is 16.7 Å². The predicted octanol–water partition coefficient (Wildman–Crippen LogP) is 14.2. The molecule has 0 spiro atoms. The van der Waals surface area contributed by atoms with Crippen molar-refractivity contribution in [1.29, 1.82) is 0 Å². The number of carbonyl (C=O) groups is 1. The van der Waals surface area contributed by atoms with Crippen molar-refractivity contribution in [3.63, 3.8) is 0 Å². The first-order valence-electron chi connectivity index (χ1n) is 18.5. The Morgan fingerprint density at radius 3 is 2.15 bits per heavy atom. The Morgan fingerprint density at radius 2 is 1.56 bits per heavy atom. The van der Waals surface area contributed by atoms with Crippen molar-refractivity contribution in [2.75, 3.05) is 0 Å². The number of aryl methyl sites for hydroxylation is 1. The Balaban J connectivity index is 0.000000289. The molecule has 6 aromatic rings. The number of aliphatic hydroxyl groups excluding tert-OH is 1. The van der Waals surface area contributed by atoms with Crippen LogP contribution in [0.5, 0.6) is 0 Å². The first-order valence-corrected chi connectivity index (χ1v) is 21.0. The SMILES string of the molecule is CCC(C)(CC)C(=O)/C=C(\O)C(C)(CC)CC.Cc1sc2ccc3c(sc4ncnc(-c5[c-]c6ccsc6c(C(C)(C)C)c5)c43)c2c1CC(C)C.[Ir]. The minimum atomic E-state index is -0.337. The molecule has 2 aromatic carbocycles. The molecule has 4 nitrogen and oxygen atoms in total. The number of aliphatic hydroxyl groups is 1. The van der Waals surface area contributed by atoms with Crippen LogP contribution >= 0.6 is 34.0 Å². The van der Waals surface area contributed by atoms with Crippen LogP contribution in [0.1, 0.15) is 118 Å². The number of rotatable bonds is 10. The fourth-order valence-electron chi connectivity index (χ4n) is 6.66. The summed E-state index contributed by atoms with van der Waals surface area (Å²) in [4.78, 5) is 24.2. The molecule has 0 aliphatic carbocycles. The van der Waals surface area contributed by atoms with E-state index in [-0.39, 0.29) is 47.9 Å². The van der Waals surface area contributed by atoms with Crippen LogP contribution in [0.4, 0.5) is 0 Å². The molecule has 1 radical (unpaired) electrons. The average molecular weight is 932 g/mol. The first-order chi connectivity index (χ1) is 24.0. The fourth-order valence-corrected chi connectivity index (χ4v) is 10.1. The molecule has 0 saturated heterocycles. The second kappa shape index (κ2) is 16.5. The summed E-state index contributed by atoms with van der Waals surface area (Å²) in [6.07, 6.45) is 7.58. The number of aromatic nitrogens is 2. The quantitative estimate of drug-likeness (QED) is 0.0844. The van der Waals surface area contributed by atoms with Crippen molar-refractivity contribution >= 4 is 80.3 Å². The number of hydrogen-bond donors (Lipinski definition) is 1. The van der Waals surface area contributed by atoms with E-state index in [0.717, 1.165) is 53.6 Å². The summed E-state index contributed by atoms with van der Waals surface area (Å²) in [7, 11) is 0. The van der Waals surface area contributed by atoms with Gasteiger partial charge in [0.15, 0.2) is 5.78 Å². The summed E-state index contributed by atoms with van der Waals surface area (Å²) in [6.45, 7) is 25.8. The zero-order chi connectivity index (χ0) is 37.5. The number of benzene rings is 2. The van der Waals surface area contributed by atoms with Crippen LogP contribution in [-0.2, 0) is 36.7 Å². The summed E-state index contributed by atoms with van der Waals surface area (Å²) in [5.41, 5.74) is 4.35. The molecule has 4 heterocycles. The molecule has 0 atom stereocenters. The largest absolute Gasteiger partial charge is 0.512 e. The zero-order valence-electron chi connectivity index (χ0n) is 33.0. The third-order valence-corrected chi connectivity index (χ3v) is 14.3. The van der Waals surface area contributed by atoms with E-state index >= 15 is 0 Å². The maximum absolute atomic E-state index is 12.2. The third kappa shape index (κ3) is 8.12. The monoisotopic (exact) mass is 932 g/mol. The maximum atomic E-state index is 12.2. The van der Waals surface area contributed by atoms with E-state index in [1.165, 1.54) is 52.3 Å². The van der Waals surface area contributed by atoms with Gasteiger partial charge in [0.2, 0.25) is 0 Å². The van der Waals surface area contributed by atoms with Crippen LogP contribution in [-0.4, -0.2) is 20.9 Å². The van der Waals surface area contributed by atoms with Gasteiger partial charge in [-0.1, -0.05) is 93.4 Å². The van der Waals surface area contributed by atoms with Crippen LogP contribution in [0.2, 0.25) is 0 Å². The summed E-state index contributed by atoms with van der Waals surface area (Å²) >= 11 is 5.53. The molecule has 281 valence electrons. The minimum absolute atomic E-state index is 0. The number of carbonyl (C=O) groups excluding carboxylic acids is 1. The van der Waals surface area contributed by atoms with E-state index in [1.54, 1.807) is 17.7 Å². The molecule has 8 heteroatoms. The van der Waals surface area contributed by atoms with Gasteiger partial charge in [-0.2, -0.15) is 11.3 Å². The van der Waals surface area contributed by atoms with Crippen LogP contribution in [0, 0.1) is 29.7 Å². The predicted molar refractivity (Wildman–Crippen MR) is 225 cm³/mol. The molecule has 0 aliphatic heterocycles. The van der Waals surface area contributed by atoms with E-state index < -0.39 is 0 Å². The number of nitrogens with zero attached hydrogens (tertiary/aromatic N) is 2. The molecule has 0 unspecified atom stereocenters. The molecule has 4 aromatic heterocycles. The average Bonchev–Trinajstić information content (AvgIpc) is 3.81. The molecule has 0 bridgehead atoms. The van der Waals surface area contributed by atoms with Crippen molar-refractivity contribution in [3.8, 4) is 11.3 Å². The molecular formula is C44H55IrN2O2S3-. The van der Waals surface area contributed by atoms with E-state index in [2.05, 4.69) is 77.3 Å². The summed E-state index contributed by atoms with van der Waals surface area (Å²) < 4.78 is 4.05. The van der Waals surface area contributed by atoms with Crippen molar-refractivity contribution in [2.45, 2.75) is 121 Å². The van der Waals surface area contributed by atoms with Crippen LogP contribution < -0.4 is 0 Å². The van der Waals surface area contributed by atoms with E-state index in [4.69, 9.17) is 9.97 Å². The molecular weight excluding hydrogens is 877 g/mol. The van der Waals surface area contributed by atoms with Gasteiger partial charge in [-0.25, -0.2) is 4.98 Å². The van der Waals surface area contributed by atoms with E-state index in [1.807, 2.05) is 64.2 Å². The van der Waals surface area contributed by atoms with Crippen molar-refractivity contribution in [1.82, 2.24) is 9.97 Å². The molecule has 6 rings (SSSR count). The van der Waals surface area contributed by atoms with Gasteiger partial charge >= 0.3 is 0 Å². The van der Waals surface area contributed by atoms with Gasteiger partial charge in [0.1, 0.15) is 16.9 Å². The summed E-state index contributed by atoms with van der Waals surface area (Å²) in [5.74, 6) is 0.910. The molecule has 0 fully saturated rings. The molecule has 0 saturated carbocycles. The van der Waals surface area contributed by atoms with Gasteiger partial charge < -0.3 is 5.11 Å². The topological polar surface area (TPSA) is 63.1 Å². The molecule has 0 aliphatic rings. The van der Waals surface area contributed by atoms with Gasteiger partial charge in [0.05, 0.1) is 0 Å². The van der Waals surface area contributed by atoms with E-state index in [0.29, 0.717) is 5.92 Å². The second-order valence-electron chi connectivity index (χ2n) is 16.0. The second-order valence-corrected chi connectivity index (χ2v) is 19.2. The number of ketones is 1. The number of allylic oxidation sites excluding steroid dienone is 2. The van der Waals surface area contributed by atoms with E-state index in [9.17, 15) is 9.90 Å². The Kier molecular flexibility index (Phi) is 13.4. The Morgan fingerprint density at radius 1 is 0.904 bits per heavy atom. The minimum Gasteiger partial charge on any atom is -0.512 e. The van der Waals surface area contributed by atoms with Gasteiger partial charge in [-0.3, -0.25) is 9.78 Å². The van der Waals surface area contributed by atoms with Crippen LogP contribution in [0.15, 0.2) is 47.8 Å². The Hall–Kier alpha value is -2.48. The van der Waals surface area contributed by atoms with Gasteiger partial charge in [0.25, 0.3) is 0 Å². The first kappa shape index (κ1) is 42.3. The fraction of sp³-hybridized carbons (Fsp3) is 0.477. The molecule has 1 N–H and O–H groups in total. The Bertz CT molecular complexity index is 2220. The number of thiophene rings is 3. The summed E-state index contributed by atoms with van der Waals surface area (Å²) in [6, 6.07) is 12.8. The van der Waals surface area contributed by atoms with Crippen molar-refractivity contribution in [3.05, 3.63) is 69.9 Å². The normalized spacial score (nSPS) is 12.9. The van der Waals surface area contributed by atoms with Gasteiger partial charge in [-0.15, -0.1) is 46.3 Å². The standard InChI is InChI=1S/C29H27N2S3.C15H28O2.Ir/c1-15(2)11-20-16(3)33-22-8-7-19-24-25(30-14-31-28(24)34-27(19)23(20)22)18-12-17-9-10-32-26(17)21(13-18)29(4,5)6;1-7-14(5,8-2)12(16)11-13(17)15(6,9-3)10-4;/h7-10,13-15H,11H2,1-6H3;11,16H,7-10H2,1-6H3;/q-1;;/b;12-11-;. The summed E-state index contributed by atoms with van der Waals surface area (Å²) in [5, 5.41) is 17.3. The molecule has 0 amide bonds. The van der Waals surface area contributed by atoms with Gasteiger partial charge in [-0.05, 0) is 77.5 Å². The number of fused-ring (bicyclic) bond motifs is 6.